The molecule has 6 heteroatoms. The smallest absolute Gasteiger partial charge is 0.233 e. The Bertz CT molecular complexity index is 776. The van der Waals surface area contributed by atoms with Gasteiger partial charge < -0.3 is 19.3 Å². The van der Waals surface area contributed by atoms with Crippen molar-refractivity contribution in [2.24, 2.45) is 0 Å². The van der Waals surface area contributed by atoms with Gasteiger partial charge in [0.15, 0.2) is 11.5 Å². The molecule has 0 bridgehead atoms. The minimum Gasteiger partial charge on any atom is -0.490 e. The van der Waals surface area contributed by atoms with Crippen molar-refractivity contribution in [2.75, 3.05) is 50.0 Å². The zero-order valence-corrected chi connectivity index (χ0v) is 16.1. The molecule has 27 heavy (non-hydrogen) atoms. The number of hydrogen-bond acceptors (Lipinski definition) is 5. The van der Waals surface area contributed by atoms with Crippen LogP contribution < -0.4 is 14.4 Å². The van der Waals surface area contributed by atoms with E-state index in [0.29, 0.717) is 19.0 Å². The van der Waals surface area contributed by atoms with Crippen molar-refractivity contribution < 1.29 is 14.3 Å². The highest BCUT2D eigenvalue weighted by Gasteiger charge is 2.21. The summed E-state index contributed by atoms with van der Waals surface area (Å²) in [4.78, 5) is 17.9. The number of carbonyl (C=O) groups excluding carboxylic acids is 1. The third kappa shape index (κ3) is 4.50. The Kier molecular flexibility index (Phi) is 5.72. The number of para-hydroxylation sites is 1. The first-order valence-corrected chi connectivity index (χ1v) is 10.4. The molecule has 0 spiro atoms. The van der Waals surface area contributed by atoms with Gasteiger partial charge in [0.1, 0.15) is 0 Å². The first kappa shape index (κ1) is 18.0. The van der Waals surface area contributed by atoms with Gasteiger partial charge in [0.05, 0.1) is 19.0 Å². The molecule has 2 heterocycles. The van der Waals surface area contributed by atoms with Crippen LogP contribution in [0.4, 0.5) is 5.69 Å². The summed E-state index contributed by atoms with van der Waals surface area (Å²) in [5.41, 5.74) is 1.23. The lowest BCUT2D eigenvalue weighted by atomic mass is 10.2. The molecule has 1 saturated heterocycles. The fraction of sp³-hybridized carbons (Fsp3) is 0.381. The monoisotopic (exact) mass is 384 g/mol. The van der Waals surface area contributed by atoms with Crippen LogP contribution in [0.15, 0.2) is 53.4 Å². The molecule has 2 aliphatic rings. The van der Waals surface area contributed by atoms with Crippen molar-refractivity contribution in [2.45, 2.75) is 11.3 Å². The topological polar surface area (TPSA) is 42.0 Å². The van der Waals surface area contributed by atoms with Gasteiger partial charge in [-0.2, -0.15) is 0 Å². The molecule has 1 amide bonds. The average molecular weight is 385 g/mol. The Balaban J connectivity index is 1.28. The fourth-order valence-electron chi connectivity index (χ4n) is 3.32. The van der Waals surface area contributed by atoms with E-state index in [4.69, 9.17) is 9.47 Å². The van der Waals surface area contributed by atoms with Crippen LogP contribution in [0, 0.1) is 0 Å². The highest BCUT2D eigenvalue weighted by molar-refractivity contribution is 8.00. The maximum absolute atomic E-state index is 12.6. The number of hydrogen-bond donors (Lipinski definition) is 0. The van der Waals surface area contributed by atoms with E-state index in [1.807, 2.05) is 29.2 Å². The largest absolute Gasteiger partial charge is 0.490 e. The van der Waals surface area contributed by atoms with Gasteiger partial charge in [0.2, 0.25) is 5.91 Å². The van der Waals surface area contributed by atoms with Gasteiger partial charge in [0.25, 0.3) is 0 Å². The zero-order chi connectivity index (χ0) is 18.5. The molecule has 142 valence electrons. The second-order valence-corrected chi connectivity index (χ2v) is 7.70. The van der Waals surface area contributed by atoms with Crippen LogP contribution in [0.5, 0.6) is 11.5 Å². The van der Waals surface area contributed by atoms with Crippen LogP contribution in [-0.4, -0.2) is 56.0 Å². The van der Waals surface area contributed by atoms with Crippen LogP contribution in [0.2, 0.25) is 0 Å². The van der Waals surface area contributed by atoms with Gasteiger partial charge in [-0.15, -0.1) is 11.8 Å². The number of anilines is 1. The van der Waals surface area contributed by atoms with Gasteiger partial charge in [-0.25, -0.2) is 0 Å². The number of fused-ring (bicyclic) bond motifs is 1. The van der Waals surface area contributed by atoms with Crippen molar-refractivity contribution in [1.29, 1.82) is 0 Å². The van der Waals surface area contributed by atoms with E-state index in [1.165, 1.54) is 5.69 Å². The maximum atomic E-state index is 12.6. The van der Waals surface area contributed by atoms with E-state index in [0.717, 1.165) is 49.0 Å². The molecule has 4 rings (SSSR count). The average Bonchev–Trinajstić information content (AvgIpc) is 2.98. The van der Waals surface area contributed by atoms with E-state index >= 15 is 0 Å². The Morgan fingerprint density at radius 2 is 1.67 bits per heavy atom. The summed E-state index contributed by atoms with van der Waals surface area (Å²) in [6, 6.07) is 16.3. The molecule has 2 aromatic rings. The standard InChI is InChI=1S/C21H24N2O3S/c24-21(23-11-9-22(10-12-23)17-5-2-1-3-6-17)16-27-18-7-8-19-20(15-18)26-14-4-13-25-19/h1-3,5-8,15H,4,9-14,16H2. The number of amides is 1. The van der Waals surface area contributed by atoms with Crippen molar-refractivity contribution in [3.8, 4) is 11.5 Å². The molecular formula is C21H24N2O3S. The minimum absolute atomic E-state index is 0.194. The predicted octanol–water partition coefficient (Wildman–Crippen LogP) is 3.29. The molecule has 0 N–H and O–H groups in total. The van der Waals surface area contributed by atoms with Gasteiger partial charge >= 0.3 is 0 Å². The maximum Gasteiger partial charge on any atom is 0.233 e. The summed E-state index contributed by atoms with van der Waals surface area (Å²) in [6.07, 6.45) is 0.893. The Labute approximate surface area is 164 Å². The van der Waals surface area contributed by atoms with Crippen LogP contribution >= 0.6 is 11.8 Å². The Morgan fingerprint density at radius 3 is 2.44 bits per heavy atom. The van der Waals surface area contributed by atoms with Crippen molar-refractivity contribution >= 4 is 23.4 Å². The summed E-state index contributed by atoms with van der Waals surface area (Å²) in [7, 11) is 0. The molecular weight excluding hydrogens is 360 g/mol. The van der Waals surface area contributed by atoms with E-state index in [9.17, 15) is 4.79 Å². The van der Waals surface area contributed by atoms with E-state index in [1.54, 1.807) is 11.8 Å². The highest BCUT2D eigenvalue weighted by atomic mass is 32.2. The molecule has 0 radical (unpaired) electrons. The lowest BCUT2D eigenvalue weighted by Gasteiger charge is -2.36. The number of nitrogens with zero attached hydrogens (tertiary/aromatic N) is 2. The van der Waals surface area contributed by atoms with E-state index < -0.39 is 0 Å². The molecule has 0 aromatic heterocycles. The normalized spacial score (nSPS) is 16.7. The Morgan fingerprint density at radius 1 is 0.926 bits per heavy atom. The molecule has 2 aromatic carbocycles. The molecule has 0 atom stereocenters. The van der Waals surface area contributed by atoms with Gasteiger partial charge in [-0.05, 0) is 30.3 Å². The minimum atomic E-state index is 0.194. The number of carbonyl (C=O) groups is 1. The highest BCUT2D eigenvalue weighted by Crippen LogP contribution is 2.34. The lowest BCUT2D eigenvalue weighted by Crippen LogP contribution is -2.49. The number of ether oxygens (including phenoxy) is 2. The van der Waals surface area contributed by atoms with Crippen molar-refractivity contribution in [3.63, 3.8) is 0 Å². The summed E-state index contributed by atoms with van der Waals surface area (Å²) in [5.74, 6) is 2.21. The summed E-state index contributed by atoms with van der Waals surface area (Å²) in [5, 5.41) is 0. The van der Waals surface area contributed by atoms with Gasteiger partial charge in [0, 0.05) is 43.2 Å². The number of rotatable bonds is 4. The van der Waals surface area contributed by atoms with Crippen molar-refractivity contribution in [3.05, 3.63) is 48.5 Å². The number of piperazine rings is 1. The predicted molar refractivity (Wildman–Crippen MR) is 108 cm³/mol. The van der Waals surface area contributed by atoms with Gasteiger partial charge in [-0.1, -0.05) is 18.2 Å². The van der Waals surface area contributed by atoms with Crippen LogP contribution in [0.3, 0.4) is 0 Å². The summed E-state index contributed by atoms with van der Waals surface area (Å²) in [6.45, 7) is 4.67. The molecule has 5 nitrogen and oxygen atoms in total. The summed E-state index contributed by atoms with van der Waals surface area (Å²) >= 11 is 1.56. The molecule has 0 unspecified atom stereocenters. The van der Waals surface area contributed by atoms with E-state index in [-0.39, 0.29) is 5.91 Å². The molecule has 0 saturated carbocycles. The molecule has 2 aliphatic heterocycles. The lowest BCUT2D eigenvalue weighted by molar-refractivity contribution is -0.128. The van der Waals surface area contributed by atoms with Crippen LogP contribution in [0.1, 0.15) is 6.42 Å². The fourth-order valence-corrected chi connectivity index (χ4v) is 4.15. The van der Waals surface area contributed by atoms with Crippen molar-refractivity contribution in [1.82, 2.24) is 4.90 Å². The SMILES string of the molecule is O=C(CSc1ccc2c(c1)OCCCO2)N1CCN(c2ccccc2)CC1. The third-order valence-corrected chi connectivity index (χ3v) is 5.81. The second-order valence-electron chi connectivity index (χ2n) is 6.65. The van der Waals surface area contributed by atoms with Crippen LogP contribution in [0.25, 0.3) is 0 Å². The first-order valence-electron chi connectivity index (χ1n) is 9.40. The number of thioether (sulfide) groups is 1. The third-order valence-electron chi connectivity index (χ3n) is 4.84. The van der Waals surface area contributed by atoms with Gasteiger partial charge in [-0.3, -0.25) is 4.79 Å². The second kappa shape index (κ2) is 8.57. The number of benzene rings is 2. The van der Waals surface area contributed by atoms with Crippen LogP contribution in [-0.2, 0) is 4.79 Å². The first-order chi connectivity index (χ1) is 13.3. The molecule has 0 aliphatic carbocycles. The zero-order valence-electron chi connectivity index (χ0n) is 15.3. The summed E-state index contributed by atoms with van der Waals surface area (Å²) < 4.78 is 11.4. The quantitative estimate of drug-likeness (QED) is 0.757. The molecule has 1 fully saturated rings. The van der Waals surface area contributed by atoms with E-state index in [2.05, 4.69) is 29.2 Å². The Hall–Kier alpha value is -2.34.